The average Bonchev–Trinajstić information content (AvgIpc) is 2.82. The Bertz CT molecular complexity index is 724. The van der Waals surface area contributed by atoms with Gasteiger partial charge in [-0.15, -0.1) is 5.10 Å². The fourth-order valence-corrected chi connectivity index (χ4v) is 3.15. The summed E-state index contributed by atoms with van der Waals surface area (Å²) in [6.45, 7) is 9.89. The van der Waals surface area contributed by atoms with Crippen molar-refractivity contribution in [2.45, 2.75) is 40.2 Å². The summed E-state index contributed by atoms with van der Waals surface area (Å²) < 4.78 is 1.87. The minimum absolute atomic E-state index is 0.0803. The first-order valence-electron chi connectivity index (χ1n) is 8.97. The zero-order valence-electron chi connectivity index (χ0n) is 15.3. The third-order valence-electron chi connectivity index (χ3n) is 4.52. The predicted octanol–water partition coefficient (Wildman–Crippen LogP) is 2.05. The van der Waals surface area contributed by atoms with Gasteiger partial charge in [-0.25, -0.2) is 0 Å². The van der Waals surface area contributed by atoms with Crippen LogP contribution in [-0.4, -0.2) is 57.0 Å². The van der Waals surface area contributed by atoms with E-state index in [1.807, 2.05) is 41.8 Å². The number of aryl methyl sites for hydroxylation is 3. The van der Waals surface area contributed by atoms with Crippen molar-refractivity contribution >= 4 is 11.7 Å². The summed E-state index contributed by atoms with van der Waals surface area (Å²) in [5, 5.41) is 12.9. The van der Waals surface area contributed by atoms with Crippen LogP contribution in [0.2, 0.25) is 0 Å². The predicted molar refractivity (Wildman–Crippen MR) is 96.8 cm³/mol. The van der Waals surface area contributed by atoms with E-state index < -0.39 is 0 Å². The normalized spacial score (nSPS) is 15.3. The number of aromatic nitrogens is 4. The zero-order chi connectivity index (χ0) is 17.8. The molecular formula is C18H26N6O. The number of hydrogen-bond acceptors (Lipinski definition) is 5. The molecule has 1 saturated heterocycles. The molecule has 2 aromatic heterocycles. The molecule has 1 aliphatic heterocycles. The number of carbonyl (C=O) groups is 1. The van der Waals surface area contributed by atoms with Crippen LogP contribution in [-0.2, 0) is 6.54 Å². The van der Waals surface area contributed by atoms with Gasteiger partial charge in [0.05, 0.1) is 17.0 Å². The highest BCUT2D eigenvalue weighted by Crippen LogP contribution is 2.16. The molecule has 1 amide bonds. The van der Waals surface area contributed by atoms with Crippen molar-refractivity contribution in [1.82, 2.24) is 24.9 Å². The van der Waals surface area contributed by atoms with Gasteiger partial charge in [0.15, 0.2) is 5.82 Å². The van der Waals surface area contributed by atoms with Gasteiger partial charge < -0.3 is 9.80 Å². The first-order chi connectivity index (χ1) is 12.1. The molecule has 0 saturated carbocycles. The monoisotopic (exact) mass is 342 g/mol. The van der Waals surface area contributed by atoms with E-state index in [0.29, 0.717) is 6.54 Å². The molecule has 0 bridgehead atoms. The summed E-state index contributed by atoms with van der Waals surface area (Å²) in [4.78, 5) is 17.0. The van der Waals surface area contributed by atoms with Gasteiger partial charge >= 0.3 is 0 Å². The lowest BCUT2D eigenvalue weighted by molar-refractivity contribution is 0.0766. The Hall–Kier alpha value is -2.44. The largest absolute Gasteiger partial charge is 0.353 e. The molecule has 7 heteroatoms. The number of amides is 1. The number of nitrogens with zero attached hydrogens (tertiary/aromatic N) is 6. The highest BCUT2D eigenvalue weighted by atomic mass is 16.2. The molecule has 0 N–H and O–H groups in total. The van der Waals surface area contributed by atoms with Crippen molar-refractivity contribution in [2.75, 3.05) is 31.1 Å². The first kappa shape index (κ1) is 17.4. The lowest BCUT2D eigenvalue weighted by atomic mass is 10.2. The van der Waals surface area contributed by atoms with E-state index in [1.165, 1.54) is 0 Å². The van der Waals surface area contributed by atoms with Gasteiger partial charge in [0.25, 0.3) is 5.91 Å². The van der Waals surface area contributed by atoms with Crippen LogP contribution in [0.4, 0.5) is 5.82 Å². The van der Waals surface area contributed by atoms with E-state index in [4.69, 9.17) is 0 Å². The Morgan fingerprint density at radius 1 is 1.12 bits per heavy atom. The number of hydrogen-bond donors (Lipinski definition) is 0. The van der Waals surface area contributed by atoms with E-state index in [0.717, 1.165) is 61.8 Å². The van der Waals surface area contributed by atoms with Crippen LogP contribution in [0.1, 0.15) is 41.5 Å². The minimum atomic E-state index is 0.0803. The van der Waals surface area contributed by atoms with Gasteiger partial charge in [0.2, 0.25) is 0 Å². The van der Waals surface area contributed by atoms with Crippen molar-refractivity contribution in [3.05, 3.63) is 35.3 Å². The van der Waals surface area contributed by atoms with Gasteiger partial charge in [-0.2, -0.15) is 10.2 Å². The maximum absolute atomic E-state index is 12.9. The average molecular weight is 342 g/mol. The Labute approximate surface area is 148 Å². The molecule has 0 spiro atoms. The van der Waals surface area contributed by atoms with Crippen molar-refractivity contribution in [3.63, 3.8) is 0 Å². The van der Waals surface area contributed by atoms with E-state index in [-0.39, 0.29) is 5.91 Å². The Morgan fingerprint density at radius 3 is 2.68 bits per heavy atom. The van der Waals surface area contributed by atoms with Gasteiger partial charge in [-0.1, -0.05) is 6.92 Å². The van der Waals surface area contributed by atoms with Crippen LogP contribution in [0.3, 0.4) is 0 Å². The molecule has 0 unspecified atom stereocenters. The van der Waals surface area contributed by atoms with Gasteiger partial charge in [0.1, 0.15) is 0 Å². The Kier molecular flexibility index (Phi) is 5.31. The highest BCUT2D eigenvalue weighted by Gasteiger charge is 2.23. The molecule has 1 fully saturated rings. The van der Waals surface area contributed by atoms with E-state index in [1.54, 1.807) is 0 Å². The van der Waals surface area contributed by atoms with Gasteiger partial charge in [-0.3, -0.25) is 9.48 Å². The Morgan fingerprint density at radius 2 is 1.96 bits per heavy atom. The van der Waals surface area contributed by atoms with E-state index >= 15 is 0 Å². The van der Waals surface area contributed by atoms with Crippen molar-refractivity contribution in [2.24, 2.45) is 0 Å². The van der Waals surface area contributed by atoms with Crippen LogP contribution in [0.15, 0.2) is 18.3 Å². The van der Waals surface area contributed by atoms with Crippen LogP contribution in [0, 0.1) is 13.8 Å². The molecule has 0 aromatic carbocycles. The van der Waals surface area contributed by atoms with Gasteiger partial charge in [0, 0.05) is 38.9 Å². The topological polar surface area (TPSA) is 67.2 Å². The third kappa shape index (κ3) is 3.97. The molecular weight excluding hydrogens is 316 g/mol. The fraction of sp³-hybridized carbons (Fsp3) is 0.556. The molecule has 3 heterocycles. The van der Waals surface area contributed by atoms with Gasteiger partial charge in [-0.05, 0) is 38.8 Å². The van der Waals surface area contributed by atoms with Crippen molar-refractivity contribution < 1.29 is 4.79 Å². The maximum Gasteiger partial charge on any atom is 0.257 e. The molecule has 0 radical (unpaired) electrons. The van der Waals surface area contributed by atoms with Crippen LogP contribution >= 0.6 is 0 Å². The SMILES string of the molecule is CCCn1cc(C(=O)N2CCCN(c3ccc(C)nn3)CC2)c(C)n1. The quantitative estimate of drug-likeness (QED) is 0.851. The molecule has 3 rings (SSSR count). The molecule has 0 aliphatic carbocycles. The summed E-state index contributed by atoms with van der Waals surface area (Å²) in [6.07, 6.45) is 3.81. The summed E-state index contributed by atoms with van der Waals surface area (Å²) >= 11 is 0. The lowest BCUT2D eigenvalue weighted by Crippen LogP contribution is -2.35. The van der Waals surface area contributed by atoms with Crippen molar-refractivity contribution in [1.29, 1.82) is 0 Å². The first-order valence-corrected chi connectivity index (χ1v) is 8.97. The molecule has 25 heavy (non-hydrogen) atoms. The highest BCUT2D eigenvalue weighted by molar-refractivity contribution is 5.95. The standard InChI is InChI=1S/C18H26N6O/c1-4-8-24-13-16(15(3)21-24)18(25)23-10-5-9-22(11-12-23)17-7-6-14(2)19-20-17/h6-7,13H,4-5,8-12H2,1-3H3. The molecule has 134 valence electrons. The number of rotatable bonds is 4. The fourth-order valence-electron chi connectivity index (χ4n) is 3.15. The summed E-state index contributed by atoms with van der Waals surface area (Å²) in [5.41, 5.74) is 2.44. The van der Waals surface area contributed by atoms with Crippen molar-refractivity contribution in [3.8, 4) is 0 Å². The Balaban J connectivity index is 1.68. The number of carbonyl (C=O) groups excluding carboxylic acids is 1. The summed E-state index contributed by atoms with van der Waals surface area (Å²) in [6, 6.07) is 3.97. The number of anilines is 1. The van der Waals surface area contributed by atoms with Crippen LogP contribution < -0.4 is 4.90 Å². The summed E-state index contributed by atoms with van der Waals surface area (Å²) in [5.74, 6) is 0.962. The molecule has 0 atom stereocenters. The summed E-state index contributed by atoms with van der Waals surface area (Å²) in [7, 11) is 0. The molecule has 7 nitrogen and oxygen atoms in total. The lowest BCUT2D eigenvalue weighted by Gasteiger charge is -2.22. The second kappa shape index (κ2) is 7.63. The van der Waals surface area contributed by atoms with E-state index in [9.17, 15) is 4.79 Å². The van der Waals surface area contributed by atoms with Crippen LogP contribution in [0.5, 0.6) is 0 Å². The zero-order valence-corrected chi connectivity index (χ0v) is 15.3. The second-order valence-corrected chi connectivity index (χ2v) is 6.56. The van der Waals surface area contributed by atoms with E-state index in [2.05, 4.69) is 27.1 Å². The molecule has 2 aromatic rings. The maximum atomic E-state index is 12.9. The van der Waals surface area contributed by atoms with Crippen LogP contribution in [0.25, 0.3) is 0 Å². The molecule has 1 aliphatic rings. The smallest absolute Gasteiger partial charge is 0.257 e. The minimum Gasteiger partial charge on any atom is -0.353 e. The second-order valence-electron chi connectivity index (χ2n) is 6.56. The third-order valence-corrected chi connectivity index (χ3v) is 4.52.